The molecule has 1 atom stereocenters. The number of rotatable bonds is 4. The Balaban J connectivity index is 1.76. The maximum Gasteiger partial charge on any atom is 0.294 e. The number of β-amino-alcohol motifs (C(OH)–C–C–N with tert-alkyl or cyclic N) is 1. The van der Waals surface area contributed by atoms with Crippen LogP contribution in [0.1, 0.15) is 51.7 Å². The summed E-state index contributed by atoms with van der Waals surface area (Å²) in [5, 5.41) is 20.4. The highest BCUT2D eigenvalue weighted by Gasteiger charge is 2.36. The van der Waals surface area contributed by atoms with Crippen LogP contribution in [0.15, 0.2) is 23.0 Å². The number of aliphatic hydroxyl groups excluding tert-OH is 1. The van der Waals surface area contributed by atoms with Gasteiger partial charge in [0.2, 0.25) is 0 Å². The topological polar surface area (TPSA) is 103 Å². The van der Waals surface area contributed by atoms with Crippen LogP contribution in [0.3, 0.4) is 0 Å². The van der Waals surface area contributed by atoms with Crippen molar-refractivity contribution in [2.75, 3.05) is 19.6 Å². The summed E-state index contributed by atoms with van der Waals surface area (Å²) >= 11 is 5.85. The van der Waals surface area contributed by atoms with Gasteiger partial charge in [-0.05, 0) is 43.9 Å². The molecule has 3 heterocycles. The summed E-state index contributed by atoms with van der Waals surface area (Å²) < 4.78 is 14.7. The third-order valence-corrected chi connectivity index (χ3v) is 6.36. The molecule has 4 rings (SSSR count). The second kappa shape index (κ2) is 9.15. The van der Waals surface area contributed by atoms with Gasteiger partial charge in [0, 0.05) is 38.3 Å². The molecule has 176 valence electrons. The van der Waals surface area contributed by atoms with E-state index in [1.54, 1.807) is 6.92 Å². The van der Waals surface area contributed by atoms with Crippen LogP contribution in [0.4, 0.5) is 4.39 Å². The Bertz CT molecular complexity index is 1180. The number of fused-ring (bicyclic) bond motifs is 3. The number of aliphatic hydroxyl groups is 1. The van der Waals surface area contributed by atoms with Crippen molar-refractivity contribution in [2.45, 2.75) is 45.4 Å². The van der Waals surface area contributed by atoms with Gasteiger partial charge in [0.1, 0.15) is 11.5 Å². The average Bonchev–Trinajstić information content (AvgIpc) is 2.76. The zero-order chi connectivity index (χ0) is 23.9. The lowest BCUT2D eigenvalue weighted by atomic mass is 9.94. The van der Waals surface area contributed by atoms with Crippen molar-refractivity contribution in [3.05, 3.63) is 61.8 Å². The average molecular weight is 478 g/mol. The fourth-order valence-corrected chi connectivity index (χ4v) is 4.73. The summed E-state index contributed by atoms with van der Waals surface area (Å²) in [6.07, 6.45) is 0.768. The van der Waals surface area contributed by atoms with Crippen LogP contribution in [0.2, 0.25) is 5.02 Å². The van der Waals surface area contributed by atoms with Crippen LogP contribution >= 0.6 is 11.6 Å². The summed E-state index contributed by atoms with van der Waals surface area (Å²) in [6.45, 7) is 2.73. The monoisotopic (exact) mass is 477 g/mol. The molecule has 0 bridgehead atoms. The standard InChI is InChI=1S/C23H25ClFN3O5/c1-13(29)11-26-7-2-3-8-28-19(22(26)32)15-6-9-27(21(31)18(15)20(30)23(28)33)12-14-4-5-17(25)16(24)10-14/h4-5,10,13,29-30H,2-3,6-9,11-12H2,1H3. The van der Waals surface area contributed by atoms with Crippen LogP contribution in [-0.2, 0) is 19.5 Å². The lowest BCUT2D eigenvalue weighted by Gasteiger charge is -2.34. The molecule has 1 aromatic heterocycles. The van der Waals surface area contributed by atoms with E-state index in [1.807, 2.05) is 0 Å². The van der Waals surface area contributed by atoms with E-state index in [0.29, 0.717) is 30.5 Å². The van der Waals surface area contributed by atoms with E-state index in [0.717, 1.165) is 0 Å². The van der Waals surface area contributed by atoms with Crippen LogP contribution in [0, 0.1) is 5.82 Å². The fourth-order valence-electron chi connectivity index (χ4n) is 4.52. The second-order valence-corrected chi connectivity index (χ2v) is 8.95. The SMILES string of the molecule is CC(O)CN1CCCCn2c(c3c(c(O)c2=O)C(=O)N(Cc2ccc(F)c(Cl)c2)CC3)C1=O. The molecule has 2 amide bonds. The first kappa shape index (κ1) is 23.3. The van der Waals surface area contributed by atoms with Gasteiger partial charge in [-0.25, -0.2) is 4.39 Å². The number of amides is 2. The van der Waals surface area contributed by atoms with E-state index in [4.69, 9.17) is 11.6 Å². The first-order chi connectivity index (χ1) is 15.7. The first-order valence-corrected chi connectivity index (χ1v) is 11.3. The fraction of sp³-hybridized carbons (Fsp3) is 0.435. The Morgan fingerprint density at radius 1 is 1.09 bits per heavy atom. The van der Waals surface area contributed by atoms with Crippen LogP contribution in [-0.4, -0.2) is 62.1 Å². The van der Waals surface area contributed by atoms with Gasteiger partial charge in [-0.1, -0.05) is 17.7 Å². The number of hydrogen-bond acceptors (Lipinski definition) is 5. The van der Waals surface area contributed by atoms with Crippen molar-refractivity contribution in [2.24, 2.45) is 0 Å². The molecule has 2 aliphatic rings. The van der Waals surface area contributed by atoms with Crippen molar-refractivity contribution in [1.29, 1.82) is 0 Å². The molecule has 33 heavy (non-hydrogen) atoms. The van der Waals surface area contributed by atoms with Gasteiger partial charge in [-0.15, -0.1) is 0 Å². The highest BCUT2D eigenvalue weighted by atomic mass is 35.5. The normalized spacial score (nSPS) is 17.3. The van der Waals surface area contributed by atoms with E-state index < -0.39 is 35.0 Å². The number of benzene rings is 1. The van der Waals surface area contributed by atoms with Crippen LogP contribution in [0.5, 0.6) is 5.75 Å². The number of carbonyl (C=O) groups is 2. The Morgan fingerprint density at radius 3 is 2.52 bits per heavy atom. The van der Waals surface area contributed by atoms with Crippen molar-refractivity contribution < 1.29 is 24.2 Å². The number of halogens is 2. The number of nitrogens with zero attached hydrogens (tertiary/aromatic N) is 3. The number of aromatic hydroxyl groups is 1. The summed E-state index contributed by atoms with van der Waals surface area (Å²) in [6, 6.07) is 4.14. The van der Waals surface area contributed by atoms with Crippen molar-refractivity contribution >= 4 is 23.4 Å². The van der Waals surface area contributed by atoms with E-state index in [9.17, 15) is 29.0 Å². The lowest BCUT2D eigenvalue weighted by Crippen LogP contribution is -2.45. The minimum atomic E-state index is -0.781. The maximum atomic E-state index is 13.5. The van der Waals surface area contributed by atoms with Crippen molar-refractivity contribution in [3.8, 4) is 5.75 Å². The van der Waals surface area contributed by atoms with Crippen LogP contribution in [0.25, 0.3) is 0 Å². The largest absolute Gasteiger partial charge is 0.502 e. The Hall–Kier alpha value is -2.91. The van der Waals surface area contributed by atoms with Gasteiger partial charge in [-0.3, -0.25) is 14.4 Å². The number of aromatic nitrogens is 1. The molecule has 0 aliphatic carbocycles. The minimum absolute atomic E-state index is 0.0661. The molecular weight excluding hydrogens is 453 g/mol. The number of carbonyl (C=O) groups excluding carboxylic acids is 2. The first-order valence-electron chi connectivity index (χ1n) is 10.9. The van der Waals surface area contributed by atoms with Crippen molar-refractivity contribution in [1.82, 2.24) is 14.4 Å². The summed E-state index contributed by atoms with van der Waals surface area (Å²) in [5.41, 5.74) is 0.0893. The molecule has 0 radical (unpaired) electrons. The highest BCUT2D eigenvalue weighted by molar-refractivity contribution is 6.30. The van der Waals surface area contributed by atoms with Gasteiger partial charge >= 0.3 is 0 Å². The van der Waals surface area contributed by atoms with Crippen molar-refractivity contribution in [3.63, 3.8) is 0 Å². The molecule has 1 unspecified atom stereocenters. The van der Waals surface area contributed by atoms with Crippen LogP contribution < -0.4 is 5.56 Å². The van der Waals surface area contributed by atoms with E-state index in [1.165, 1.54) is 32.6 Å². The van der Waals surface area contributed by atoms with E-state index in [-0.39, 0.29) is 48.9 Å². The third kappa shape index (κ3) is 4.35. The van der Waals surface area contributed by atoms with Gasteiger partial charge in [-0.2, -0.15) is 0 Å². The molecule has 2 aromatic rings. The Labute approximate surface area is 194 Å². The molecular formula is C23H25ClFN3O5. The predicted octanol–water partition coefficient (Wildman–Crippen LogP) is 2.16. The molecule has 8 nitrogen and oxygen atoms in total. The quantitative estimate of drug-likeness (QED) is 0.702. The Kier molecular flexibility index (Phi) is 6.45. The zero-order valence-corrected chi connectivity index (χ0v) is 18.9. The smallest absolute Gasteiger partial charge is 0.294 e. The minimum Gasteiger partial charge on any atom is -0.502 e. The molecule has 1 aromatic carbocycles. The van der Waals surface area contributed by atoms with Gasteiger partial charge in [0.25, 0.3) is 17.4 Å². The second-order valence-electron chi connectivity index (χ2n) is 8.54. The molecule has 2 aliphatic heterocycles. The third-order valence-electron chi connectivity index (χ3n) is 6.07. The van der Waals surface area contributed by atoms with Gasteiger partial charge < -0.3 is 24.6 Å². The number of pyridine rings is 1. The molecule has 10 heteroatoms. The summed E-state index contributed by atoms with van der Waals surface area (Å²) in [4.78, 5) is 42.6. The summed E-state index contributed by atoms with van der Waals surface area (Å²) in [5.74, 6) is -2.25. The predicted molar refractivity (Wildman–Crippen MR) is 119 cm³/mol. The molecule has 0 saturated carbocycles. The summed E-state index contributed by atoms with van der Waals surface area (Å²) in [7, 11) is 0. The van der Waals surface area contributed by atoms with E-state index in [2.05, 4.69) is 0 Å². The van der Waals surface area contributed by atoms with Gasteiger partial charge in [0.15, 0.2) is 5.75 Å². The molecule has 0 fully saturated rings. The molecule has 2 N–H and O–H groups in total. The molecule has 0 saturated heterocycles. The Morgan fingerprint density at radius 2 is 1.82 bits per heavy atom. The number of hydrogen-bond donors (Lipinski definition) is 2. The molecule has 0 spiro atoms. The zero-order valence-electron chi connectivity index (χ0n) is 18.2. The van der Waals surface area contributed by atoms with E-state index >= 15 is 0 Å². The highest BCUT2D eigenvalue weighted by Crippen LogP contribution is 2.30. The maximum absolute atomic E-state index is 13.5. The lowest BCUT2D eigenvalue weighted by molar-refractivity contribution is 0.0615. The van der Waals surface area contributed by atoms with Gasteiger partial charge in [0.05, 0.1) is 16.7 Å².